The third kappa shape index (κ3) is 1.76. The quantitative estimate of drug-likeness (QED) is 0.757. The summed E-state index contributed by atoms with van der Waals surface area (Å²) < 4.78 is 1.55. The van der Waals surface area contributed by atoms with Crippen LogP contribution in [0.4, 0.5) is 0 Å². The van der Waals surface area contributed by atoms with Gasteiger partial charge in [-0.25, -0.2) is 4.98 Å². The second kappa shape index (κ2) is 4.04. The number of nitrogens with zero attached hydrogens (tertiary/aromatic N) is 2. The average molecular weight is 241 g/mol. The van der Waals surface area contributed by atoms with Gasteiger partial charge in [0.25, 0.3) is 0 Å². The second-order valence-electron chi connectivity index (χ2n) is 2.85. The van der Waals surface area contributed by atoms with E-state index in [1.165, 1.54) is 0 Å². The summed E-state index contributed by atoms with van der Waals surface area (Å²) in [5.41, 5.74) is 0.306. The number of pyridine rings is 1. The minimum atomic E-state index is 0.248. The molecule has 0 aromatic carbocycles. The van der Waals surface area contributed by atoms with Gasteiger partial charge < -0.3 is 0 Å². The Balaban J connectivity index is 2.63. The maximum atomic E-state index is 10.8. The van der Waals surface area contributed by atoms with Gasteiger partial charge in [-0.05, 0) is 12.1 Å². The Labute approximate surface area is 96.3 Å². The predicted molar refractivity (Wildman–Crippen MR) is 59.0 cm³/mol. The van der Waals surface area contributed by atoms with Crippen molar-refractivity contribution in [2.24, 2.45) is 0 Å². The largest absolute Gasteiger partial charge is 0.296 e. The fourth-order valence-electron chi connectivity index (χ4n) is 1.26. The first-order valence-corrected chi connectivity index (χ1v) is 4.92. The Hall–Kier alpha value is -1.32. The number of hydrogen-bond acceptors (Lipinski definition) is 2. The maximum absolute atomic E-state index is 10.8. The Morgan fingerprint density at radius 2 is 2.13 bits per heavy atom. The van der Waals surface area contributed by atoms with Crippen molar-refractivity contribution in [3.05, 3.63) is 46.3 Å². The number of hydrogen-bond donors (Lipinski definition) is 0. The van der Waals surface area contributed by atoms with Gasteiger partial charge in [-0.2, -0.15) is 0 Å². The van der Waals surface area contributed by atoms with E-state index in [-0.39, 0.29) is 5.02 Å². The number of carbonyl (C=O) groups excluding carboxylic acids is 1. The molecule has 2 heterocycles. The molecule has 0 fully saturated rings. The van der Waals surface area contributed by atoms with Gasteiger partial charge in [0, 0.05) is 12.4 Å². The van der Waals surface area contributed by atoms with Crippen molar-refractivity contribution in [3.8, 4) is 5.82 Å². The molecule has 0 spiro atoms. The number of rotatable bonds is 2. The van der Waals surface area contributed by atoms with Crippen LogP contribution in [0.25, 0.3) is 5.82 Å². The van der Waals surface area contributed by atoms with Crippen molar-refractivity contribution in [1.82, 2.24) is 9.55 Å². The molecular weight excluding hydrogens is 235 g/mol. The highest BCUT2D eigenvalue weighted by Crippen LogP contribution is 2.28. The van der Waals surface area contributed by atoms with Crippen LogP contribution in [0.15, 0.2) is 30.6 Å². The molecule has 0 bridgehead atoms. The van der Waals surface area contributed by atoms with Gasteiger partial charge in [0.15, 0.2) is 6.29 Å². The van der Waals surface area contributed by atoms with Gasteiger partial charge in [0.05, 0.1) is 10.0 Å². The van der Waals surface area contributed by atoms with E-state index < -0.39 is 0 Å². The number of carbonyl (C=O) groups is 1. The van der Waals surface area contributed by atoms with Crippen molar-refractivity contribution in [3.63, 3.8) is 0 Å². The molecule has 0 aliphatic rings. The van der Waals surface area contributed by atoms with Crippen molar-refractivity contribution < 1.29 is 4.79 Å². The number of aldehydes is 1. The third-order valence-electron chi connectivity index (χ3n) is 1.94. The lowest BCUT2D eigenvalue weighted by Gasteiger charge is -2.02. The summed E-state index contributed by atoms with van der Waals surface area (Å²) in [5, 5.41) is 0.585. The summed E-state index contributed by atoms with van der Waals surface area (Å²) in [6, 6.07) is 5.37. The van der Waals surface area contributed by atoms with Crippen LogP contribution in [0.1, 0.15) is 10.5 Å². The van der Waals surface area contributed by atoms with Crippen LogP contribution in [0.2, 0.25) is 10.0 Å². The van der Waals surface area contributed by atoms with E-state index in [4.69, 9.17) is 23.2 Å². The summed E-state index contributed by atoms with van der Waals surface area (Å²) in [6.45, 7) is 0. The van der Waals surface area contributed by atoms with Gasteiger partial charge in [-0.15, -0.1) is 0 Å². The number of halogens is 2. The molecule has 0 aliphatic heterocycles. The highest BCUT2D eigenvalue weighted by molar-refractivity contribution is 6.43. The van der Waals surface area contributed by atoms with Crippen LogP contribution < -0.4 is 0 Å². The maximum Gasteiger partial charge on any atom is 0.168 e. The molecule has 0 saturated heterocycles. The van der Waals surface area contributed by atoms with E-state index >= 15 is 0 Å². The molecule has 0 saturated carbocycles. The van der Waals surface area contributed by atoms with Gasteiger partial charge in [0.2, 0.25) is 0 Å². The zero-order valence-corrected chi connectivity index (χ0v) is 9.03. The smallest absolute Gasteiger partial charge is 0.168 e. The Morgan fingerprint density at radius 3 is 2.73 bits per heavy atom. The molecule has 0 amide bonds. The molecule has 2 aromatic heterocycles. The molecule has 0 N–H and O–H groups in total. The lowest BCUT2D eigenvalue weighted by molar-refractivity contribution is 0.111. The standard InChI is InChI=1S/C10H6Cl2N2O/c11-7-5-14(8(6-15)10(7)12)9-3-1-2-4-13-9/h1-6H. The Kier molecular flexibility index (Phi) is 2.75. The van der Waals surface area contributed by atoms with Gasteiger partial charge in [0.1, 0.15) is 11.5 Å². The molecular formula is C10H6Cl2N2O. The molecule has 2 rings (SSSR count). The first-order valence-electron chi connectivity index (χ1n) is 4.17. The second-order valence-corrected chi connectivity index (χ2v) is 3.64. The first-order chi connectivity index (χ1) is 7.24. The van der Waals surface area contributed by atoms with E-state index in [1.54, 1.807) is 29.1 Å². The van der Waals surface area contributed by atoms with E-state index in [0.29, 0.717) is 22.8 Å². The zero-order valence-electron chi connectivity index (χ0n) is 7.52. The predicted octanol–water partition coefficient (Wildman–Crippen LogP) is 2.99. The first kappa shape index (κ1) is 10.2. The normalized spacial score (nSPS) is 10.3. The zero-order chi connectivity index (χ0) is 10.8. The van der Waals surface area contributed by atoms with Crippen molar-refractivity contribution in [2.45, 2.75) is 0 Å². The monoisotopic (exact) mass is 240 g/mol. The molecule has 15 heavy (non-hydrogen) atoms. The van der Waals surface area contributed by atoms with E-state index in [1.807, 2.05) is 6.07 Å². The van der Waals surface area contributed by atoms with Crippen LogP contribution in [0.5, 0.6) is 0 Å². The van der Waals surface area contributed by atoms with Crippen LogP contribution in [-0.2, 0) is 0 Å². The molecule has 3 nitrogen and oxygen atoms in total. The summed E-state index contributed by atoms with van der Waals surface area (Å²) in [5.74, 6) is 0.605. The van der Waals surface area contributed by atoms with Crippen molar-refractivity contribution >= 4 is 29.5 Å². The summed E-state index contributed by atoms with van der Waals surface area (Å²) in [4.78, 5) is 14.9. The lowest BCUT2D eigenvalue weighted by Crippen LogP contribution is -1.99. The molecule has 0 aliphatic carbocycles. The average Bonchev–Trinajstić information content (AvgIpc) is 2.56. The molecule has 0 unspecified atom stereocenters. The highest BCUT2D eigenvalue weighted by atomic mass is 35.5. The summed E-state index contributed by atoms with van der Waals surface area (Å²) in [7, 11) is 0. The molecule has 76 valence electrons. The third-order valence-corrected chi connectivity index (χ3v) is 2.72. The van der Waals surface area contributed by atoms with Crippen molar-refractivity contribution in [2.75, 3.05) is 0 Å². The van der Waals surface area contributed by atoms with E-state index in [9.17, 15) is 4.79 Å². The molecule has 5 heteroatoms. The minimum absolute atomic E-state index is 0.248. The fraction of sp³-hybridized carbons (Fsp3) is 0. The SMILES string of the molecule is O=Cc1c(Cl)c(Cl)cn1-c1ccccn1. The van der Waals surface area contributed by atoms with Gasteiger partial charge in [-0.3, -0.25) is 9.36 Å². The molecule has 0 atom stereocenters. The van der Waals surface area contributed by atoms with Gasteiger partial charge in [-0.1, -0.05) is 29.3 Å². The minimum Gasteiger partial charge on any atom is -0.296 e. The lowest BCUT2D eigenvalue weighted by atomic mass is 10.4. The Bertz CT molecular complexity index is 494. The van der Waals surface area contributed by atoms with Crippen molar-refractivity contribution in [1.29, 1.82) is 0 Å². The molecule has 0 radical (unpaired) electrons. The summed E-state index contributed by atoms with van der Waals surface area (Å²) >= 11 is 11.7. The van der Waals surface area contributed by atoms with Crippen LogP contribution in [0, 0.1) is 0 Å². The highest BCUT2D eigenvalue weighted by Gasteiger charge is 2.13. The fourth-order valence-corrected chi connectivity index (χ4v) is 1.64. The molecule has 2 aromatic rings. The van der Waals surface area contributed by atoms with Crippen LogP contribution in [0.3, 0.4) is 0 Å². The van der Waals surface area contributed by atoms with E-state index in [2.05, 4.69) is 4.98 Å². The van der Waals surface area contributed by atoms with E-state index in [0.717, 1.165) is 0 Å². The Morgan fingerprint density at radius 1 is 1.33 bits per heavy atom. The van der Waals surface area contributed by atoms with Crippen LogP contribution >= 0.6 is 23.2 Å². The summed E-state index contributed by atoms with van der Waals surface area (Å²) in [6.07, 6.45) is 3.85. The number of aromatic nitrogens is 2. The van der Waals surface area contributed by atoms with Crippen LogP contribution in [-0.4, -0.2) is 15.8 Å². The topological polar surface area (TPSA) is 34.9 Å². The van der Waals surface area contributed by atoms with Gasteiger partial charge >= 0.3 is 0 Å².